The maximum atomic E-state index is 2.57. The summed E-state index contributed by atoms with van der Waals surface area (Å²) < 4.78 is 0. The summed E-state index contributed by atoms with van der Waals surface area (Å²) in [6, 6.07) is 2.82. The van der Waals surface area contributed by atoms with Gasteiger partial charge in [-0.3, -0.25) is 9.80 Å². The van der Waals surface area contributed by atoms with Crippen LogP contribution in [0.3, 0.4) is 0 Å². The van der Waals surface area contributed by atoms with Crippen LogP contribution in [0.1, 0.15) is 53.4 Å². The number of hydrogen-bond donors (Lipinski definition) is 0. The Morgan fingerprint density at radius 1 is 0.750 bits per heavy atom. The Labute approximate surface area is 102 Å². The molecule has 0 unspecified atom stereocenters. The van der Waals surface area contributed by atoms with E-state index in [4.69, 9.17) is 0 Å². The molecule has 0 bridgehead atoms. The Kier molecular flexibility index (Phi) is 5.26. The average molecular weight is 226 g/mol. The van der Waals surface area contributed by atoms with Gasteiger partial charge in [0.05, 0.1) is 0 Å². The first kappa shape index (κ1) is 14.0. The first-order valence-corrected chi connectivity index (χ1v) is 6.89. The zero-order valence-corrected chi connectivity index (χ0v) is 12.0. The van der Waals surface area contributed by atoms with Gasteiger partial charge < -0.3 is 0 Å². The normalized spacial score (nSPS) is 27.4. The molecular weight excluding hydrogens is 196 g/mol. The van der Waals surface area contributed by atoms with Crippen molar-refractivity contribution in [3.8, 4) is 0 Å². The highest BCUT2D eigenvalue weighted by atomic mass is 15.2. The molecule has 0 saturated heterocycles. The third-order valence-electron chi connectivity index (χ3n) is 4.37. The van der Waals surface area contributed by atoms with Crippen molar-refractivity contribution in [2.75, 3.05) is 14.1 Å². The van der Waals surface area contributed by atoms with E-state index in [0.29, 0.717) is 12.1 Å². The Morgan fingerprint density at radius 2 is 1.06 bits per heavy atom. The van der Waals surface area contributed by atoms with Gasteiger partial charge in [0.15, 0.2) is 0 Å². The SMILES string of the molecule is CC(C)N(C)[C@H]1CCCC[C@@H]1N(C)C(C)C. The van der Waals surface area contributed by atoms with Crippen molar-refractivity contribution in [1.29, 1.82) is 0 Å². The second-order valence-corrected chi connectivity index (χ2v) is 5.94. The Hall–Kier alpha value is -0.0800. The minimum absolute atomic E-state index is 0.658. The molecule has 96 valence electrons. The van der Waals surface area contributed by atoms with Crippen LogP contribution < -0.4 is 0 Å². The Morgan fingerprint density at radius 3 is 1.31 bits per heavy atom. The van der Waals surface area contributed by atoms with Crippen LogP contribution in [0, 0.1) is 0 Å². The van der Waals surface area contributed by atoms with Crippen LogP contribution in [0.5, 0.6) is 0 Å². The van der Waals surface area contributed by atoms with E-state index in [1.807, 2.05) is 0 Å². The van der Waals surface area contributed by atoms with Gasteiger partial charge in [0.1, 0.15) is 0 Å². The Bertz CT molecular complexity index is 179. The fraction of sp³-hybridized carbons (Fsp3) is 1.00. The highest BCUT2D eigenvalue weighted by Crippen LogP contribution is 2.27. The van der Waals surface area contributed by atoms with Gasteiger partial charge >= 0.3 is 0 Å². The van der Waals surface area contributed by atoms with E-state index < -0.39 is 0 Å². The van der Waals surface area contributed by atoms with E-state index in [-0.39, 0.29) is 0 Å². The molecule has 0 N–H and O–H groups in total. The molecule has 0 aromatic heterocycles. The smallest absolute Gasteiger partial charge is 0.0251 e. The van der Waals surface area contributed by atoms with Crippen LogP contribution in [-0.4, -0.2) is 48.1 Å². The Balaban J connectivity index is 2.70. The largest absolute Gasteiger partial charge is 0.299 e. The first-order valence-electron chi connectivity index (χ1n) is 6.89. The lowest BCUT2D eigenvalue weighted by molar-refractivity contribution is 0.0460. The lowest BCUT2D eigenvalue weighted by Crippen LogP contribution is -2.54. The first-order chi connectivity index (χ1) is 7.45. The van der Waals surface area contributed by atoms with Crippen LogP contribution >= 0.6 is 0 Å². The number of nitrogens with zero attached hydrogens (tertiary/aromatic N) is 2. The molecule has 0 aliphatic heterocycles. The van der Waals surface area contributed by atoms with Gasteiger partial charge in [-0.1, -0.05) is 12.8 Å². The van der Waals surface area contributed by atoms with Crippen molar-refractivity contribution >= 4 is 0 Å². The third kappa shape index (κ3) is 3.21. The summed E-state index contributed by atoms with van der Waals surface area (Å²) in [5.74, 6) is 0. The fourth-order valence-corrected chi connectivity index (χ4v) is 2.81. The van der Waals surface area contributed by atoms with Crippen LogP contribution in [0.4, 0.5) is 0 Å². The summed E-state index contributed by atoms with van der Waals surface area (Å²) in [4.78, 5) is 5.14. The molecule has 0 heterocycles. The zero-order valence-electron chi connectivity index (χ0n) is 12.0. The van der Waals surface area contributed by atoms with Crippen LogP contribution in [-0.2, 0) is 0 Å². The van der Waals surface area contributed by atoms with Gasteiger partial charge in [-0.15, -0.1) is 0 Å². The number of likely N-dealkylation sites (N-methyl/N-ethyl adjacent to an activating group) is 2. The summed E-state index contributed by atoms with van der Waals surface area (Å²) in [5.41, 5.74) is 0. The molecule has 0 aromatic carbocycles. The zero-order chi connectivity index (χ0) is 12.3. The van der Waals surface area contributed by atoms with Crippen molar-refractivity contribution in [3.63, 3.8) is 0 Å². The highest BCUT2D eigenvalue weighted by molar-refractivity contribution is 4.89. The molecule has 1 saturated carbocycles. The van der Waals surface area contributed by atoms with E-state index in [1.54, 1.807) is 0 Å². The molecule has 0 amide bonds. The quantitative estimate of drug-likeness (QED) is 0.727. The lowest BCUT2D eigenvalue weighted by Gasteiger charge is -2.45. The monoisotopic (exact) mass is 226 g/mol. The molecule has 1 aliphatic carbocycles. The van der Waals surface area contributed by atoms with Gasteiger partial charge in [-0.25, -0.2) is 0 Å². The molecule has 0 aromatic rings. The second-order valence-electron chi connectivity index (χ2n) is 5.94. The maximum Gasteiger partial charge on any atom is 0.0251 e. The van der Waals surface area contributed by atoms with Crippen molar-refractivity contribution in [2.24, 2.45) is 0 Å². The molecule has 16 heavy (non-hydrogen) atoms. The number of hydrogen-bond acceptors (Lipinski definition) is 2. The average Bonchev–Trinajstić information content (AvgIpc) is 2.26. The second kappa shape index (κ2) is 6.02. The molecule has 0 radical (unpaired) electrons. The van der Waals surface area contributed by atoms with E-state index in [0.717, 1.165) is 12.1 Å². The van der Waals surface area contributed by atoms with E-state index in [1.165, 1.54) is 25.7 Å². The van der Waals surface area contributed by atoms with Crippen molar-refractivity contribution in [2.45, 2.75) is 77.5 Å². The molecule has 1 fully saturated rings. The van der Waals surface area contributed by atoms with Crippen LogP contribution in [0.2, 0.25) is 0 Å². The number of rotatable bonds is 4. The summed E-state index contributed by atoms with van der Waals surface area (Å²) in [6.45, 7) is 9.23. The van der Waals surface area contributed by atoms with Gasteiger partial charge in [0, 0.05) is 24.2 Å². The van der Waals surface area contributed by atoms with Gasteiger partial charge in [0.2, 0.25) is 0 Å². The summed E-state index contributed by atoms with van der Waals surface area (Å²) in [5, 5.41) is 0. The maximum absolute atomic E-state index is 2.57. The molecule has 1 aliphatic rings. The van der Waals surface area contributed by atoms with Crippen LogP contribution in [0.15, 0.2) is 0 Å². The summed E-state index contributed by atoms with van der Waals surface area (Å²) in [6.07, 6.45) is 5.56. The highest BCUT2D eigenvalue weighted by Gasteiger charge is 2.32. The fourth-order valence-electron chi connectivity index (χ4n) is 2.81. The predicted octanol–water partition coefficient (Wildman–Crippen LogP) is 2.98. The van der Waals surface area contributed by atoms with E-state index in [9.17, 15) is 0 Å². The molecular formula is C14H30N2. The summed E-state index contributed by atoms with van der Waals surface area (Å²) >= 11 is 0. The van der Waals surface area contributed by atoms with Crippen molar-refractivity contribution in [1.82, 2.24) is 9.80 Å². The molecule has 1 rings (SSSR count). The summed E-state index contributed by atoms with van der Waals surface area (Å²) in [7, 11) is 4.59. The molecule has 2 atom stereocenters. The van der Waals surface area contributed by atoms with Crippen LogP contribution in [0.25, 0.3) is 0 Å². The van der Waals surface area contributed by atoms with Gasteiger partial charge in [-0.05, 0) is 54.6 Å². The molecule has 2 nitrogen and oxygen atoms in total. The predicted molar refractivity (Wildman–Crippen MR) is 71.8 cm³/mol. The lowest BCUT2D eigenvalue weighted by atomic mass is 9.87. The minimum atomic E-state index is 0.658. The third-order valence-corrected chi connectivity index (χ3v) is 4.37. The molecule has 2 heteroatoms. The topological polar surface area (TPSA) is 6.48 Å². The van der Waals surface area contributed by atoms with E-state index in [2.05, 4.69) is 51.6 Å². The standard InChI is InChI=1S/C14H30N2/c1-11(2)15(5)13-9-7-8-10-14(13)16(6)12(3)4/h11-14H,7-10H2,1-6H3/t13-,14-/m0/s1. The van der Waals surface area contributed by atoms with E-state index >= 15 is 0 Å². The van der Waals surface area contributed by atoms with Crippen molar-refractivity contribution in [3.05, 3.63) is 0 Å². The van der Waals surface area contributed by atoms with Gasteiger partial charge in [-0.2, -0.15) is 0 Å². The molecule has 0 spiro atoms. The minimum Gasteiger partial charge on any atom is -0.299 e. The van der Waals surface area contributed by atoms with Crippen molar-refractivity contribution < 1.29 is 0 Å². The van der Waals surface area contributed by atoms with Gasteiger partial charge in [0.25, 0.3) is 0 Å².